The van der Waals surface area contributed by atoms with E-state index in [1.165, 1.54) is 6.07 Å². The fourth-order valence-corrected chi connectivity index (χ4v) is 1.73. The lowest BCUT2D eigenvalue weighted by molar-refractivity contribution is 0.466. The maximum Gasteiger partial charge on any atom is 0.141 e. The molecule has 84 valence electrons. The molecule has 0 fully saturated rings. The number of hydrogen-bond acceptors (Lipinski definition) is 3. The summed E-state index contributed by atoms with van der Waals surface area (Å²) in [5.41, 5.74) is 1.91. The van der Waals surface area contributed by atoms with Crippen molar-refractivity contribution in [3.05, 3.63) is 47.5 Å². The maximum atomic E-state index is 9.95. The van der Waals surface area contributed by atoms with Gasteiger partial charge < -0.3 is 10.2 Å². The molecule has 0 unspecified atom stereocenters. The SMILES string of the molecule is Cc1cccc(-c2cccc(C#N)c2O)c1O. The molecule has 0 spiro atoms. The van der Waals surface area contributed by atoms with Gasteiger partial charge in [-0.05, 0) is 18.6 Å². The Labute approximate surface area is 99.2 Å². The molecule has 0 aliphatic heterocycles. The molecule has 0 heterocycles. The molecule has 0 aliphatic rings. The minimum atomic E-state index is -0.101. The highest BCUT2D eigenvalue weighted by atomic mass is 16.3. The molecule has 2 N–H and O–H groups in total. The van der Waals surface area contributed by atoms with Crippen LogP contribution in [0.1, 0.15) is 11.1 Å². The van der Waals surface area contributed by atoms with Crippen LogP contribution in [0.5, 0.6) is 11.5 Å². The number of hydrogen-bond donors (Lipinski definition) is 2. The average molecular weight is 225 g/mol. The van der Waals surface area contributed by atoms with Crippen LogP contribution in [0.3, 0.4) is 0 Å². The van der Waals surface area contributed by atoms with Crippen molar-refractivity contribution in [2.75, 3.05) is 0 Å². The summed E-state index contributed by atoms with van der Waals surface area (Å²) in [4.78, 5) is 0. The molecule has 2 rings (SSSR count). The van der Waals surface area contributed by atoms with Gasteiger partial charge in [0.05, 0.1) is 5.56 Å². The number of nitriles is 1. The highest BCUT2D eigenvalue weighted by Crippen LogP contribution is 2.38. The van der Waals surface area contributed by atoms with E-state index in [2.05, 4.69) is 0 Å². The Morgan fingerprint density at radius 1 is 0.941 bits per heavy atom. The summed E-state index contributed by atoms with van der Waals surface area (Å²) in [5.74, 6) is 0.0220. The van der Waals surface area contributed by atoms with E-state index in [1.54, 1.807) is 37.3 Å². The molecule has 0 saturated heterocycles. The van der Waals surface area contributed by atoms with Crippen molar-refractivity contribution in [3.8, 4) is 28.7 Å². The van der Waals surface area contributed by atoms with Crippen LogP contribution in [0, 0.1) is 18.3 Å². The summed E-state index contributed by atoms with van der Waals surface area (Å²) in [7, 11) is 0. The van der Waals surface area contributed by atoms with E-state index in [4.69, 9.17) is 5.26 Å². The zero-order valence-electron chi connectivity index (χ0n) is 9.31. The van der Waals surface area contributed by atoms with Gasteiger partial charge in [0.15, 0.2) is 0 Å². The molecule has 3 heteroatoms. The van der Waals surface area contributed by atoms with Crippen LogP contribution in [0.25, 0.3) is 11.1 Å². The Balaban J connectivity index is 2.70. The van der Waals surface area contributed by atoms with Gasteiger partial charge in [-0.1, -0.05) is 30.3 Å². The highest BCUT2D eigenvalue weighted by Gasteiger charge is 2.12. The molecule has 2 aromatic carbocycles. The number of phenols is 2. The minimum Gasteiger partial charge on any atom is -0.507 e. The standard InChI is InChI=1S/C14H11NO2/c1-9-4-2-6-11(13(9)16)12-7-3-5-10(8-15)14(12)17/h2-7,16-17H,1H3. The first-order valence-corrected chi connectivity index (χ1v) is 5.16. The van der Waals surface area contributed by atoms with E-state index in [9.17, 15) is 10.2 Å². The number of aromatic hydroxyl groups is 2. The van der Waals surface area contributed by atoms with Crippen molar-refractivity contribution in [2.45, 2.75) is 6.92 Å². The zero-order chi connectivity index (χ0) is 12.4. The smallest absolute Gasteiger partial charge is 0.141 e. The van der Waals surface area contributed by atoms with Gasteiger partial charge in [0.1, 0.15) is 17.6 Å². The first-order chi connectivity index (χ1) is 8.15. The second kappa shape index (κ2) is 4.18. The molecule has 3 nitrogen and oxygen atoms in total. The summed E-state index contributed by atoms with van der Waals surface area (Å²) in [6, 6.07) is 12.1. The zero-order valence-corrected chi connectivity index (χ0v) is 9.31. The monoisotopic (exact) mass is 225 g/mol. The van der Waals surface area contributed by atoms with Crippen molar-refractivity contribution in [1.82, 2.24) is 0 Å². The lowest BCUT2D eigenvalue weighted by Crippen LogP contribution is -1.85. The first kappa shape index (κ1) is 11.0. The Hall–Kier alpha value is -2.47. The Morgan fingerprint density at radius 3 is 2.18 bits per heavy atom. The lowest BCUT2D eigenvalue weighted by Gasteiger charge is -2.09. The molecule has 0 saturated carbocycles. The quantitative estimate of drug-likeness (QED) is 0.784. The van der Waals surface area contributed by atoms with Crippen LogP contribution in [0.4, 0.5) is 0 Å². The van der Waals surface area contributed by atoms with Gasteiger partial charge in [0, 0.05) is 11.1 Å². The molecule has 0 aliphatic carbocycles. The Kier molecular flexibility index (Phi) is 2.71. The molecular formula is C14H11NO2. The van der Waals surface area contributed by atoms with Crippen molar-refractivity contribution in [3.63, 3.8) is 0 Å². The summed E-state index contributed by atoms with van der Waals surface area (Å²) in [5, 5.41) is 28.7. The van der Waals surface area contributed by atoms with E-state index in [0.717, 1.165) is 5.56 Å². The summed E-state index contributed by atoms with van der Waals surface area (Å²) < 4.78 is 0. The van der Waals surface area contributed by atoms with Crippen molar-refractivity contribution < 1.29 is 10.2 Å². The third-order valence-electron chi connectivity index (χ3n) is 2.68. The van der Waals surface area contributed by atoms with Gasteiger partial charge in [0.2, 0.25) is 0 Å². The number of para-hydroxylation sites is 2. The predicted molar refractivity (Wildman–Crippen MR) is 64.7 cm³/mol. The minimum absolute atomic E-state index is 0.101. The molecule has 0 bridgehead atoms. The molecule has 0 aromatic heterocycles. The molecule has 0 atom stereocenters. The third kappa shape index (κ3) is 1.81. The number of aryl methyl sites for hydroxylation is 1. The van der Waals surface area contributed by atoms with Gasteiger partial charge in [-0.3, -0.25) is 0 Å². The van der Waals surface area contributed by atoms with Crippen LogP contribution in [0.15, 0.2) is 36.4 Å². The van der Waals surface area contributed by atoms with Crippen LogP contribution in [-0.2, 0) is 0 Å². The van der Waals surface area contributed by atoms with Gasteiger partial charge in [-0.25, -0.2) is 0 Å². The number of nitrogens with zero attached hydrogens (tertiary/aromatic N) is 1. The summed E-state index contributed by atoms with van der Waals surface area (Å²) >= 11 is 0. The maximum absolute atomic E-state index is 9.95. The fraction of sp³-hybridized carbons (Fsp3) is 0.0714. The van der Waals surface area contributed by atoms with E-state index in [0.29, 0.717) is 11.1 Å². The largest absolute Gasteiger partial charge is 0.507 e. The van der Waals surface area contributed by atoms with Gasteiger partial charge >= 0.3 is 0 Å². The van der Waals surface area contributed by atoms with Crippen molar-refractivity contribution in [1.29, 1.82) is 5.26 Å². The predicted octanol–water partition coefficient (Wildman–Crippen LogP) is 2.94. The van der Waals surface area contributed by atoms with Gasteiger partial charge in [-0.2, -0.15) is 5.26 Å². The first-order valence-electron chi connectivity index (χ1n) is 5.16. The van der Waals surface area contributed by atoms with E-state index >= 15 is 0 Å². The van der Waals surface area contributed by atoms with E-state index in [-0.39, 0.29) is 17.1 Å². The van der Waals surface area contributed by atoms with Crippen LogP contribution in [-0.4, -0.2) is 10.2 Å². The normalized spacial score (nSPS) is 9.88. The fourth-order valence-electron chi connectivity index (χ4n) is 1.73. The average Bonchev–Trinajstić information content (AvgIpc) is 2.33. The van der Waals surface area contributed by atoms with Gasteiger partial charge in [0.25, 0.3) is 0 Å². The molecule has 2 aromatic rings. The Morgan fingerprint density at radius 2 is 1.53 bits per heavy atom. The van der Waals surface area contributed by atoms with Crippen molar-refractivity contribution >= 4 is 0 Å². The highest BCUT2D eigenvalue weighted by molar-refractivity contribution is 5.78. The molecular weight excluding hydrogens is 214 g/mol. The second-order valence-electron chi connectivity index (χ2n) is 3.78. The number of phenolic OH excluding ortho intramolecular Hbond substituents is 2. The van der Waals surface area contributed by atoms with Gasteiger partial charge in [-0.15, -0.1) is 0 Å². The number of rotatable bonds is 1. The third-order valence-corrected chi connectivity index (χ3v) is 2.68. The lowest BCUT2D eigenvalue weighted by atomic mass is 9.99. The summed E-state index contributed by atoms with van der Waals surface area (Å²) in [6.07, 6.45) is 0. The molecule has 0 radical (unpaired) electrons. The van der Waals surface area contributed by atoms with E-state index in [1.807, 2.05) is 6.07 Å². The Bertz CT molecular complexity index is 612. The second-order valence-corrected chi connectivity index (χ2v) is 3.78. The molecule has 0 amide bonds. The van der Waals surface area contributed by atoms with Crippen LogP contribution >= 0.6 is 0 Å². The molecule has 17 heavy (non-hydrogen) atoms. The summed E-state index contributed by atoms with van der Waals surface area (Å²) in [6.45, 7) is 1.78. The van der Waals surface area contributed by atoms with Crippen molar-refractivity contribution in [2.24, 2.45) is 0 Å². The number of benzene rings is 2. The van der Waals surface area contributed by atoms with Crippen LogP contribution < -0.4 is 0 Å². The topological polar surface area (TPSA) is 64.2 Å². The van der Waals surface area contributed by atoms with E-state index < -0.39 is 0 Å². The van der Waals surface area contributed by atoms with Crippen LogP contribution in [0.2, 0.25) is 0 Å².